The molecule has 0 spiro atoms. The van der Waals surface area contributed by atoms with Crippen LogP contribution in [0.1, 0.15) is 0 Å². The summed E-state index contributed by atoms with van der Waals surface area (Å²) in [6.07, 6.45) is 0. The molecule has 0 amide bonds. The van der Waals surface area contributed by atoms with Gasteiger partial charge in [0.2, 0.25) is 18.7 Å². The van der Waals surface area contributed by atoms with Gasteiger partial charge in [0.05, 0.1) is 29.2 Å². The van der Waals surface area contributed by atoms with Gasteiger partial charge >= 0.3 is 0 Å². The van der Waals surface area contributed by atoms with Gasteiger partial charge in [-0.15, -0.1) is 11.8 Å². The highest BCUT2D eigenvalue weighted by Gasteiger charge is 2.78. The lowest BCUT2D eigenvalue weighted by molar-refractivity contribution is 0.361. The molecule has 3 rings (SSSR count). The zero-order valence-electron chi connectivity index (χ0n) is 14.8. The fraction of sp³-hybridized carbons (Fsp3) is 0.200. The lowest BCUT2D eigenvalue weighted by Crippen LogP contribution is -2.51. The molecule has 0 aromatic heterocycles. The summed E-state index contributed by atoms with van der Waals surface area (Å²) in [5, 5.41) is 39.7. The van der Waals surface area contributed by atoms with Crippen LogP contribution in [0.15, 0.2) is 70.5 Å². The first-order chi connectivity index (χ1) is 13.9. The number of hydrogen-bond acceptors (Lipinski definition) is 8. The van der Waals surface area contributed by atoms with Crippen molar-refractivity contribution in [1.82, 2.24) is 0 Å². The molecule has 6 nitrogen and oxygen atoms in total. The van der Waals surface area contributed by atoms with E-state index in [0.29, 0.717) is 4.90 Å². The molecular formula is C20H12N4O2S3. The molecular weight excluding hydrogens is 424 g/mol. The monoisotopic (exact) mass is 436 g/mol. The molecule has 1 atom stereocenters. The Kier molecular flexibility index (Phi) is 5.35. The molecule has 2 aromatic carbocycles. The van der Waals surface area contributed by atoms with E-state index in [9.17, 15) is 29.5 Å². The predicted octanol–water partition coefficient (Wildman–Crippen LogP) is 3.72. The van der Waals surface area contributed by atoms with Crippen molar-refractivity contribution in [2.45, 2.75) is 13.2 Å². The van der Waals surface area contributed by atoms with E-state index >= 15 is 0 Å². The predicted molar refractivity (Wildman–Crippen MR) is 108 cm³/mol. The molecule has 0 bridgehead atoms. The molecule has 29 heavy (non-hydrogen) atoms. The third-order valence-corrected chi connectivity index (χ3v) is 11.5. The van der Waals surface area contributed by atoms with Gasteiger partial charge in [-0.25, -0.2) is 8.42 Å². The van der Waals surface area contributed by atoms with Gasteiger partial charge in [0.15, 0.2) is 5.41 Å². The second-order valence-corrected chi connectivity index (χ2v) is 11.5. The van der Waals surface area contributed by atoms with Crippen LogP contribution in [0.3, 0.4) is 0 Å². The average Bonchev–Trinajstić information content (AvgIpc) is 3.06. The number of thioether (sulfide) groups is 2. The Morgan fingerprint density at radius 3 is 1.83 bits per heavy atom. The highest BCUT2D eigenvalue weighted by molar-refractivity contribution is 8.31. The number of rotatable bonds is 4. The maximum absolute atomic E-state index is 13.9. The standard InChI is InChI=1S/C20H12N4O2S3/c21-11-18(12-22)15-27-20(19(18,13-23)14-24,28-16-7-3-1-4-8-16)29(25,26)17-9-5-2-6-10-17/h1-10H,15H2. The molecule has 1 saturated heterocycles. The summed E-state index contributed by atoms with van der Waals surface area (Å²) >= 11 is 1.60. The van der Waals surface area contributed by atoms with E-state index in [2.05, 4.69) is 0 Å². The van der Waals surface area contributed by atoms with Gasteiger partial charge in [-0.1, -0.05) is 48.2 Å². The van der Waals surface area contributed by atoms with Crippen LogP contribution in [0, 0.1) is 56.2 Å². The van der Waals surface area contributed by atoms with E-state index < -0.39 is 24.1 Å². The van der Waals surface area contributed by atoms with Crippen molar-refractivity contribution in [2.75, 3.05) is 5.75 Å². The number of hydrogen-bond donors (Lipinski definition) is 0. The van der Waals surface area contributed by atoms with Crippen LogP contribution in [-0.4, -0.2) is 17.6 Å². The molecule has 1 unspecified atom stereocenters. The fourth-order valence-corrected chi connectivity index (χ4v) is 9.68. The van der Waals surface area contributed by atoms with Gasteiger partial charge in [-0.2, -0.15) is 21.0 Å². The first-order valence-corrected chi connectivity index (χ1v) is 11.5. The first-order valence-electron chi connectivity index (χ1n) is 8.21. The van der Waals surface area contributed by atoms with Gasteiger partial charge in [0.25, 0.3) is 0 Å². The Morgan fingerprint density at radius 2 is 1.34 bits per heavy atom. The summed E-state index contributed by atoms with van der Waals surface area (Å²) in [6.45, 7) is 0. The summed E-state index contributed by atoms with van der Waals surface area (Å²) in [5.74, 6) is -0.285. The second kappa shape index (κ2) is 7.47. The van der Waals surface area contributed by atoms with E-state index in [1.165, 1.54) is 24.3 Å². The van der Waals surface area contributed by atoms with Crippen LogP contribution in [0.2, 0.25) is 0 Å². The zero-order valence-corrected chi connectivity index (χ0v) is 17.3. The Bertz CT molecular complexity index is 1170. The van der Waals surface area contributed by atoms with Crippen molar-refractivity contribution in [3.8, 4) is 24.3 Å². The normalized spacial score (nSPS) is 21.8. The van der Waals surface area contributed by atoms with E-state index in [1.807, 2.05) is 0 Å². The molecule has 1 aliphatic heterocycles. The third kappa shape index (κ3) is 2.71. The van der Waals surface area contributed by atoms with Crippen LogP contribution in [0.25, 0.3) is 0 Å². The molecule has 0 saturated carbocycles. The molecule has 2 aromatic rings. The highest BCUT2D eigenvalue weighted by atomic mass is 32.3. The van der Waals surface area contributed by atoms with Gasteiger partial charge < -0.3 is 0 Å². The summed E-state index contributed by atoms with van der Waals surface area (Å²) in [6, 6.07) is 23.1. The van der Waals surface area contributed by atoms with Crippen LogP contribution >= 0.6 is 23.5 Å². The molecule has 0 radical (unpaired) electrons. The lowest BCUT2D eigenvalue weighted by atomic mass is 9.69. The van der Waals surface area contributed by atoms with Crippen LogP contribution < -0.4 is 0 Å². The summed E-state index contributed by atoms with van der Waals surface area (Å²) in [4.78, 5) is 0.415. The van der Waals surface area contributed by atoms with Crippen LogP contribution in [-0.2, 0) is 9.84 Å². The zero-order chi connectivity index (χ0) is 21.2. The van der Waals surface area contributed by atoms with Crippen molar-refractivity contribution in [3.63, 3.8) is 0 Å². The van der Waals surface area contributed by atoms with Crippen LogP contribution in [0.5, 0.6) is 0 Å². The quantitative estimate of drug-likeness (QED) is 0.709. The maximum Gasteiger partial charge on any atom is 0.214 e. The first kappa shape index (κ1) is 20.8. The summed E-state index contributed by atoms with van der Waals surface area (Å²) in [7, 11) is -4.34. The van der Waals surface area contributed by atoms with Crippen LogP contribution in [0.4, 0.5) is 0 Å². The minimum Gasteiger partial charge on any atom is -0.221 e. The Labute approximate surface area is 177 Å². The van der Waals surface area contributed by atoms with Crippen molar-refractivity contribution in [2.24, 2.45) is 10.8 Å². The summed E-state index contributed by atoms with van der Waals surface area (Å²) in [5.41, 5.74) is -4.53. The lowest BCUT2D eigenvalue weighted by Gasteiger charge is -2.37. The minimum atomic E-state index is -4.34. The van der Waals surface area contributed by atoms with E-state index in [-0.39, 0.29) is 10.6 Å². The van der Waals surface area contributed by atoms with Crippen molar-refractivity contribution in [1.29, 1.82) is 21.0 Å². The number of sulfone groups is 1. The van der Waals surface area contributed by atoms with Crippen molar-refractivity contribution >= 4 is 33.4 Å². The molecule has 9 heteroatoms. The topological polar surface area (TPSA) is 129 Å². The minimum absolute atomic E-state index is 0.0857. The largest absolute Gasteiger partial charge is 0.221 e. The molecule has 1 fully saturated rings. The number of nitriles is 4. The van der Waals surface area contributed by atoms with Gasteiger partial charge in [0.1, 0.15) is 0 Å². The Balaban J connectivity index is 2.40. The molecule has 0 N–H and O–H groups in total. The molecule has 1 aliphatic rings. The van der Waals surface area contributed by atoms with Gasteiger partial charge in [-0.05, 0) is 24.3 Å². The SMILES string of the molecule is N#CC1(C#N)CSC(Sc2ccccc2)(S(=O)(=O)c2ccccc2)C1(C#N)C#N. The average molecular weight is 437 g/mol. The molecule has 1 heterocycles. The second-order valence-electron chi connectivity index (χ2n) is 6.18. The van der Waals surface area contributed by atoms with E-state index in [0.717, 1.165) is 23.5 Å². The Morgan fingerprint density at radius 1 is 0.828 bits per heavy atom. The van der Waals surface area contributed by atoms with Crippen molar-refractivity contribution in [3.05, 3.63) is 60.7 Å². The van der Waals surface area contributed by atoms with E-state index in [1.54, 1.807) is 60.7 Å². The smallest absolute Gasteiger partial charge is 0.214 e. The summed E-state index contributed by atoms with van der Waals surface area (Å²) < 4.78 is 25.6. The maximum atomic E-state index is 13.9. The van der Waals surface area contributed by atoms with Gasteiger partial charge in [0, 0.05) is 10.6 Å². The Hall–Kier alpha value is -2.95. The highest BCUT2D eigenvalue weighted by Crippen LogP contribution is 2.69. The van der Waals surface area contributed by atoms with E-state index in [4.69, 9.17) is 0 Å². The third-order valence-electron chi connectivity index (χ3n) is 4.70. The van der Waals surface area contributed by atoms with Gasteiger partial charge in [-0.3, -0.25) is 0 Å². The van der Waals surface area contributed by atoms with Crippen molar-refractivity contribution < 1.29 is 8.42 Å². The molecule has 0 aliphatic carbocycles. The molecule has 142 valence electrons. The number of nitrogens with zero attached hydrogens (tertiary/aromatic N) is 4. The number of benzene rings is 2. The fourth-order valence-electron chi connectivity index (χ4n) is 3.13.